The molecule has 0 atom stereocenters. The number of rotatable bonds is 7. The molecule has 0 aliphatic carbocycles. The van der Waals surface area contributed by atoms with Gasteiger partial charge in [0.1, 0.15) is 16.2 Å². The number of para-hydroxylation sites is 2. The lowest BCUT2D eigenvalue weighted by Crippen LogP contribution is -2.10. The summed E-state index contributed by atoms with van der Waals surface area (Å²) < 4.78 is 7.46. The Morgan fingerprint density at radius 2 is 0.859 bits per heavy atom. The Kier molecular flexibility index (Phi) is 8.36. The van der Waals surface area contributed by atoms with E-state index in [0.717, 1.165) is 72.2 Å². The van der Waals surface area contributed by atoms with E-state index in [1.807, 2.05) is 18.2 Å². The van der Waals surface area contributed by atoms with Crippen LogP contribution in [-0.4, -0.2) is 4.98 Å². The molecular formula is C59H37N3OS. The SMILES string of the molecule is c1ccc2c(N(c3ccc(-c4nc5ccccc5s4)cc3)c3ccc4c(ccc5cc(N(c6ccc7oc8ccccc8c7c6)c6cccc7ccccc67)ccc54)c3)cccc2c1. The third-order valence-corrected chi connectivity index (χ3v) is 13.7. The Bertz CT molecular complexity index is 3900. The van der Waals surface area contributed by atoms with E-state index in [-0.39, 0.29) is 0 Å². The molecule has 13 rings (SSSR count). The van der Waals surface area contributed by atoms with Crippen molar-refractivity contribution in [3.05, 3.63) is 224 Å². The van der Waals surface area contributed by atoms with E-state index in [1.54, 1.807) is 11.3 Å². The molecule has 0 aliphatic rings. The third kappa shape index (κ3) is 6.01. The molecule has 5 heteroatoms. The number of furan rings is 1. The van der Waals surface area contributed by atoms with E-state index in [2.05, 4.69) is 216 Å². The summed E-state index contributed by atoms with van der Waals surface area (Å²) in [6.07, 6.45) is 0. The van der Waals surface area contributed by atoms with Gasteiger partial charge in [0.25, 0.3) is 0 Å². The Morgan fingerprint density at radius 3 is 1.53 bits per heavy atom. The maximum atomic E-state index is 6.27. The summed E-state index contributed by atoms with van der Waals surface area (Å²) in [5.41, 5.74) is 10.5. The number of nitrogens with zero attached hydrogens (tertiary/aromatic N) is 3. The summed E-state index contributed by atoms with van der Waals surface area (Å²) in [4.78, 5) is 9.73. The van der Waals surface area contributed by atoms with Crippen LogP contribution in [0.25, 0.3) is 85.8 Å². The monoisotopic (exact) mass is 835 g/mol. The van der Waals surface area contributed by atoms with Crippen LogP contribution in [0.4, 0.5) is 34.1 Å². The Hall–Kier alpha value is -8.25. The van der Waals surface area contributed by atoms with E-state index in [9.17, 15) is 0 Å². The average Bonchev–Trinajstić information content (AvgIpc) is 3.96. The van der Waals surface area contributed by atoms with Gasteiger partial charge in [0.15, 0.2) is 0 Å². The van der Waals surface area contributed by atoms with Gasteiger partial charge < -0.3 is 14.2 Å². The van der Waals surface area contributed by atoms with Gasteiger partial charge in [0.05, 0.1) is 21.6 Å². The number of fused-ring (bicyclic) bond motifs is 9. The highest BCUT2D eigenvalue weighted by Crippen LogP contribution is 2.45. The quantitative estimate of drug-likeness (QED) is 0.150. The van der Waals surface area contributed by atoms with Crippen molar-refractivity contribution in [3.8, 4) is 10.6 Å². The van der Waals surface area contributed by atoms with Crippen LogP contribution < -0.4 is 9.80 Å². The second-order valence-corrected chi connectivity index (χ2v) is 17.4. The molecule has 0 bridgehead atoms. The minimum Gasteiger partial charge on any atom is -0.456 e. The van der Waals surface area contributed by atoms with E-state index >= 15 is 0 Å². The topological polar surface area (TPSA) is 32.5 Å². The van der Waals surface area contributed by atoms with Gasteiger partial charge in [-0.15, -0.1) is 11.3 Å². The first-order chi connectivity index (χ1) is 31.7. The van der Waals surface area contributed by atoms with E-state index in [4.69, 9.17) is 9.40 Å². The molecule has 0 radical (unpaired) electrons. The molecule has 300 valence electrons. The molecule has 13 aromatic rings. The molecule has 2 heterocycles. The number of hydrogen-bond donors (Lipinski definition) is 0. The highest BCUT2D eigenvalue weighted by Gasteiger charge is 2.20. The normalized spacial score (nSPS) is 11.8. The van der Waals surface area contributed by atoms with Crippen LogP contribution >= 0.6 is 11.3 Å². The summed E-state index contributed by atoms with van der Waals surface area (Å²) in [6, 6.07) is 80.8. The summed E-state index contributed by atoms with van der Waals surface area (Å²) in [5.74, 6) is 0. The molecule has 0 N–H and O–H groups in total. The van der Waals surface area contributed by atoms with Crippen molar-refractivity contribution in [3.63, 3.8) is 0 Å². The maximum Gasteiger partial charge on any atom is 0.135 e. The van der Waals surface area contributed by atoms with Crippen LogP contribution in [-0.2, 0) is 0 Å². The minimum atomic E-state index is 0.882. The molecule has 11 aromatic carbocycles. The molecule has 0 amide bonds. The van der Waals surface area contributed by atoms with Crippen molar-refractivity contribution in [1.82, 2.24) is 4.98 Å². The predicted octanol–water partition coefficient (Wildman–Crippen LogP) is 17.4. The maximum absolute atomic E-state index is 6.27. The van der Waals surface area contributed by atoms with E-state index < -0.39 is 0 Å². The van der Waals surface area contributed by atoms with Crippen LogP contribution in [0.2, 0.25) is 0 Å². The Balaban J connectivity index is 0.934. The van der Waals surface area contributed by atoms with E-state index in [0.29, 0.717) is 0 Å². The Morgan fingerprint density at radius 1 is 0.344 bits per heavy atom. The minimum absolute atomic E-state index is 0.882. The summed E-state index contributed by atoms with van der Waals surface area (Å²) in [6.45, 7) is 0. The van der Waals surface area contributed by atoms with Gasteiger partial charge in [-0.25, -0.2) is 4.98 Å². The highest BCUT2D eigenvalue weighted by atomic mass is 32.1. The van der Waals surface area contributed by atoms with Crippen LogP contribution in [0.5, 0.6) is 0 Å². The first-order valence-electron chi connectivity index (χ1n) is 21.6. The van der Waals surface area contributed by atoms with Gasteiger partial charge in [-0.3, -0.25) is 0 Å². The third-order valence-electron chi connectivity index (χ3n) is 12.6. The molecule has 0 unspecified atom stereocenters. The lowest BCUT2D eigenvalue weighted by atomic mass is 9.99. The molecule has 0 saturated carbocycles. The molecule has 0 aliphatic heterocycles. The number of benzene rings is 11. The predicted molar refractivity (Wildman–Crippen MR) is 272 cm³/mol. The van der Waals surface area contributed by atoms with Crippen molar-refractivity contribution < 1.29 is 4.42 Å². The molecule has 64 heavy (non-hydrogen) atoms. The zero-order valence-electron chi connectivity index (χ0n) is 34.5. The van der Waals surface area contributed by atoms with Crippen LogP contribution in [0.3, 0.4) is 0 Å². The van der Waals surface area contributed by atoms with Crippen molar-refractivity contribution in [1.29, 1.82) is 0 Å². The fourth-order valence-electron chi connectivity index (χ4n) is 9.59. The summed E-state index contributed by atoms with van der Waals surface area (Å²) in [7, 11) is 0. The van der Waals surface area contributed by atoms with Gasteiger partial charge in [0.2, 0.25) is 0 Å². The number of hydrogen-bond acceptors (Lipinski definition) is 5. The van der Waals surface area contributed by atoms with Gasteiger partial charge >= 0.3 is 0 Å². The fraction of sp³-hybridized carbons (Fsp3) is 0. The van der Waals surface area contributed by atoms with Crippen LogP contribution in [0.1, 0.15) is 0 Å². The first kappa shape index (κ1) is 36.4. The first-order valence-corrected chi connectivity index (χ1v) is 22.4. The van der Waals surface area contributed by atoms with E-state index in [1.165, 1.54) is 47.8 Å². The number of thiazole rings is 1. The van der Waals surface area contributed by atoms with Crippen molar-refractivity contribution in [2.24, 2.45) is 0 Å². The summed E-state index contributed by atoms with van der Waals surface area (Å²) >= 11 is 1.73. The lowest BCUT2D eigenvalue weighted by Gasteiger charge is -2.28. The molecule has 2 aromatic heterocycles. The van der Waals surface area contributed by atoms with Gasteiger partial charge in [-0.05, 0) is 129 Å². The van der Waals surface area contributed by atoms with Crippen molar-refractivity contribution in [2.45, 2.75) is 0 Å². The van der Waals surface area contributed by atoms with Crippen molar-refractivity contribution in [2.75, 3.05) is 9.80 Å². The Labute approximate surface area is 373 Å². The average molecular weight is 836 g/mol. The van der Waals surface area contributed by atoms with Gasteiger partial charge in [-0.2, -0.15) is 0 Å². The van der Waals surface area contributed by atoms with Crippen LogP contribution in [0.15, 0.2) is 229 Å². The second-order valence-electron chi connectivity index (χ2n) is 16.4. The largest absolute Gasteiger partial charge is 0.456 e. The molecule has 0 spiro atoms. The van der Waals surface area contributed by atoms with Gasteiger partial charge in [0, 0.05) is 49.9 Å². The number of anilines is 6. The van der Waals surface area contributed by atoms with Gasteiger partial charge in [-0.1, -0.05) is 127 Å². The molecule has 4 nitrogen and oxygen atoms in total. The van der Waals surface area contributed by atoms with Crippen molar-refractivity contribution >= 4 is 121 Å². The second kappa shape index (κ2) is 14.7. The zero-order valence-corrected chi connectivity index (χ0v) is 35.3. The molecular weight excluding hydrogens is 799 g/mol. The zero-order chi connectivity index (χ0) is 42.1. The fourth-order valence-corrected chi connectivity index (χ4v) is 10.6. The summed E-state index contributed by atoms with van der Waals surface area (Å²) in [5, 5.41) is 12.8. The number of aromatic nitrogens is 1. The molecule has 0 fully saturated rings. The molecule has 0 saturated heterocycles. The smallest absolute Gasteiger partial charge is 0.135 e. The standard InChI is InChI=1S/C59H37N3OS/c1-3-15-49-38(11-1)13-9-19-54(49)61(43-27-25-40(26-28-43)59-60-53-18-6-8-22-58(53)64-59)44-29-32-47-41(35-44)23-24-42-36-45(30-33-48(42)47)62(55-20-10-14-39-12-2-4-16-50(39)55)46-31-34-57-52(37-46)51-17-5-7-21-56(51)63-57/h1-37H. The van der Waals surface area contributed by atoms with Crippen LogP contribution in [0, 0.1) is 0 Å². The highest BCUT2D eigenvalue weighted by molar-refractivity contribution is 7.21. The lowest BCUT2D eigenvalue weighted by molar-refractivity contribution is 0.669.